The molecule has 126 valence electrons. The Labute approximate surface area is 145 Å². The molecule has 0 bridgehead atoms. The summed E-state index contributed by atoms with van der Waals surface area (Å²) in [5, 5.41) is 0. The lowest BCUT2D eigenvalue weighted by atomic mass is 9.87. The molecule has 0 radical (unpaired) electrons. The van der Waals surface area contributed by atoms with Gasteiger partial charge in [0.05, 0.1) is 14.2 Å². The zero-order chi connectivity index (χ0) is 15.2. The first-order valence-corrected chi connectivity index (χ1v) is 8.30. The van der Waals surface area contributed by atoms with Crippen molar-refractivity contribution in [1.29, 1.82) is 0 Å². The van der Waals surface area contributed by atoms with E-state index in [9.17, 15) is 0 Å². The van der Waals surface area contributed by atoms with Crippen LogP contribution in [0.1, 0.15) is 30.9 Å². The number of ether oxygens (including phenoxy) is 2. The van der Waals surface area contributed by atoms with Gasteiger partial charge in [-0.05, 0) is 55.5 Å². The van der Waals surface area contributed by atoms with Crippen LogP contribution in [0.25, 0.3) is 0 Å². The van der Waals surface area contributed by atoms with Gasteiger partial charge in [-0.1, -0.05) is 6.92 Å². The second-order valence-corrected chi connectivity index (χ2v) is 5.98. The van der Waals surface area contributed by atoms with Gasteiger partial charge in [-0.15, -0.1) is 24.0 Å². The third kappa shape index (κ3) is 4.43. The van der Waals surface area contributed by atoms with Crippen LogP contribution in [0.5, 0.6) is 11.5 Å². The maximum Gasteiger partial charge on any atom is 0.161 e. The van der Waals surface area contributed by atoms with Crippen LogP contribution in [-0.4, -0.2) is 44.1 Å². The number of rotatable bonds is 7. The highest BCUT2D eigenvalue weighted by Gasteiger charge is 2.25. The first kappa shape index (κ1) is 19.4. The third-order valence-corrected chi connectivity index (χ3v) is 4.48. The normalized spacial score (nSPS) is 16.9. The first-order valence-electron chi connectivity index (χ1n) is 7.77. The van der Waals surface area contributed by atoms with Crippen LogP contribution < -0.4 is 9.47 Å². The second kappa shape index (κ2) is 9.49. The third-order valence-electron chi connectivity index (χ3n) is 4.31. The van der Waals surface area contributed by atoms with Crippen LogP contribution in [0.15, 0.2) is 12.1 Å². The molecule has 0 spiro atoms. The number of alkyl halides is 1. The number of nitrogens with zero attached hydrogens (tertiary/aromatic N) is 1. The fraction of sp³-hybridized carbons (Fsp3) is 0.647. The Morgan fingerprint density at radius 2 is 1.77 bits per heavy atom. The minimum Gasteiger partial charge on any atom is -0.493 e. The molecule has 0 aliphatic heterocycles. The molecule has 1 aromatic rings. The van der Waals surface area contributed by atoms with Gasteiger partial charge in [-0.3, -0.25) is 4.90 Å². The number of aryl methyl sites for hydroxylation is 1. The Morgan fingerprint density at radius 1 is 1.14 bits per heavy atom. The molecule has 1 aromatic carbocycles. The SMILES string of the molecule is CCCN(CCCl)C1CCc2cc(OC)c(OC)cc2C1.Cl. The Hall–Kier alpha value is -0.640. The van der Waals surface area contributed by atoms with Gasteiger partial charge in [0, 0.05) is 18.5 Å². The molecule has 5 heteroatoms. The van der Waals surface area contributed by atoms with E-state index in [1.807, 2.05) is 0 Å². The largest absolute Gasteiger partial charge is 0.493 e. The van der Waals surface area contributed by atoms with Crippen molar-refractivity contribution < 1.29 is 9.47 Å². The van der Waals surface area contributed by atoms with Crippen LogP contribution in [0.4, 0.5) is 0 Å². The van der Waals surface area contributed by atoms with E-state index in [4.69, 9.17) is 21.1 Å². The number of methoxy groups -OCH3 is 2. The Morgan fingerprint density at radius 3 is 2.32 bits per heavy atom. The maximum absolute atomic E-state index is 5.96. The molecule has 0 amide bonds. The molecule has 0 fully saturated rings. The van der Waals surface area contributed by atoms with Crippen molar-refractivity contribution in [2.75, 3.05) is 33.2 Å². The zero-order valence-corrected chi connectivity index (χ0v) is 15.3. The van der Waals surface area contributed by atoms with E-state index in [-0.39, 0.29) is 12.4 Å². The predicted molar refractivity (Wildman–Crippen MR) is 95.2 cm³/mol. The van der Waals surface area contributed by atoms with Crippen molar-refractivity contribution in [1.82, 2.24) is 4.90 Å². The van der Waals surface area contributed by atoms with E-state index in [0.717, 1.165) is 37.4 Å². The highest BCUT2D eigenvalue weighted by atomic mass is 35.5. The summed E-state index contributed by atoms with van der Waals surface area (Å²) in [5.74, 6) is 2.37. The molecule has 1 unspecified atom stereocenters. The Balaban J connectivity index is 0.00000242. The van der Waals surface area contributed by atoms with Crippen LogP contribution in [0.3, 0.4) is 0 Å². The van der Waals surface area contributed by atoms with Crippen molar-refractivity contribution in [3.8, 4) is 11.5 Å². The Kier molecular flexibility index (Phi) is 8.37. The minimum absolute atomic E-state index is 0. The summed E-state index contributed by atoms with van der Waals surface area (Å²) in [5.41, 5.74) is 2.78. The van der Waals surface area contributed by atoms with Gasteiger partial charge in [0.1, 0.15) is 0 Å². The topological polar surface area (TPSA) is 21.7 Å². The first-order chi connectivity index (χ1) is 10.2. The fourth-order valence-corrected chi connectivity index (χ4v) is 3.47. The number of hydrogen-bond acceptors (Lipinski definition) is 3. The van der Waals surface area contributed by atoms with Crippen LogP contribution in [0.2, 0.25) is 0 Å². The molecule has 0 heterocycles. The number of halogens is 2. The van der Waals surface area contributed by atoms with E-state index in [2.05, 4.69) is 24.0 Å². The average Bonchev–Trinajstić information content (AvgIpc) is 2.52. The molecule has 22 heavy (non-hydrogen) atoms. The number of fused-ring (bicyclic) bond motifs is 1. The van der Waals surface area contributed by atoms with Gasteiger partial charge >= 0.3 is 0 Å². The number of benzene rings is 1. The molecule has 3 nitrogen and oxygen atoms in total. The summed E-state index contributed by atoms with van der Waals surface area (Å²) in [7, 11) is 3.39. The average molecular weight is 348 g/mol. The molecule has 1 aliphatic carbocycles. The monoisotopic (exact) mass is 347 g/mol. The van der Waals surface area contributed by atoms with Crippen molar-refractivity contribution >= 4 is 24.0 Å². The summed E-state index contributed by atoms with van der Waals surface area (Å²) in [6.07, 6.45) is 4.54. The summed E-state index contributed by atoms with van der Waals surface area (Å²) in [6.45, 7) is 4.33. The van der Waals surface area contributed by atoms with E-state index in [1.165, 1.54) is 24.0 Å². The van der Waals surface area contributed by atoms with Gasteiger partial charge in [-0.2, -0.15) is 0 Å². The molecule has 0 saturated carbocycles. The summed E-state index contributed by atoms with van der Waals surface area (Å²) >= 11 is 5.96. The quantitative estimate of drug-likeness (QED) is 0.697. The molecular formula is C17H27Cl2NO2. The molecule has 1 atom stereocenters. The van der Waals surface area contributed by atoms with Crippen LogP contribution in [-0.2, 0) is 12.8 Å². The maximum atomic E-state index is 5.96. The van der Waals surface area contributed by atoms with Crippen molar-refractivity contribution in [3.63, 3.8) is 0 Å². The van der Waals surface area contributed by atoms with E-state index in [1.54, 1.807) is 14.2 Å². The van der Waals surface area contributed by atoms with Crippen LogP contribution >= 0.6 is 24.0 Å². The fourth-order valence-electron chi connectivity index (χ4n) is 3.25. The summed E-state index contributed by atoms with van der Waals surface area (Å²) in [4.78, 5) is 2.53. The van der Waals surface area contributed by atoms with Gasteiger partial charge in [0.25, 0.3) is 0 Å². The highest BCUT2D eigenvalue weighted by molar-refractivity contribution is 6.18. The summed E-state index contributed by atoms with van der Waals surface area (Å²) < 4.78 is 10.8. The van der Waals surface area contributed by atoms with E-state index in [0.29, 0.717) is 11.9 Å². The molecule has 0 N–H and O–H groups in total. The minimum atomic E-state index is 0. The Bertz CT molecular complexity index is 462. The van der Waals surface area contributed by atoms with Crippen molar-refractivity contribution in [3.05, 3.63) is 23.3 Å². The molecule has 1 aliphatic rings. The van der Waals surface area contributed by atoms with Gasteiger partial charge < -0.3 is 9.47 Å². The molecular weight excluding hydrogens is 321 g/mol. The van der Waals surface area contributed by atoms with Gasteiger partial charge in [0.2, 0.25) is 0 Å². The van der Waals surface area contributed by atoms with Crippen LogP contribution in [0, 0.1) is 0 Å². The molecule has 0 aromatic heterocycles. The smallest absolute Gasteiger partial charge is 0.161 e. The lowest BCUT2D eigenvalue weighted by Crippen LogP contribution is -2.41. The van der Waals surface area contributed by atoms with Gasteiger partial charge in [-0.25, -0.2) is 0 Å². The number of hydrogen-bond donors (Lipinski definition) is 0. The molecule has 0 saturated heterocycles. The lowest BCUT2D eigenvalue weighted by molar-refractivity contribution is 0.190. The molecule has 2 rings (SSSR count). The van der Waals surface area contributed by atoms with Crippen molar-refractivity contribution in [2.24, 2.45) is 0 Å². The van der Waals surface area contributed by atoms with Gasteiger partial charge in [0.15, 0.2) is 11.5 Å². The van der Waals surface area contributed by atoms with E-state index < -0.39 is 0 Å². The van der Waals surface area contributed by atoms with E-state index >= 15 is 0 Å². The highest BCUT2D eigenvalue weighted by Crippen LogP contribution is 2.35. The summed E-state index contributed by atoms with van der Waals surface area (Å²) in [6, 6.07) is 4.87. The predicted octanol–water partition coefficient (Wildman–Crippen LogP) is 3.93. The second-order valence-electron chi connectivity index (χ2n) is 5.60. The zero-order valence-electron chi connectivity index (χ0n) is 13.7. The lowest BCUT2D eigenvalue weighted by Gasteiger charge is -2.35. The van der Waals surface area contributed by atoms with Crippen molar-refractivity contribution in [2.45, 2.75) is 38.6 Å². The standard InChI is InChI=1S/C17H26ClNO2.ClH/c1-4-8-19(9-7-18)15-6-5-13-11-16(20-2)17(21-3)12-14(13)10-15;/h11-12,15H,4-10H2,1-3H3;1H.